The molecule has 0 saturated heterocycles. The zero-order valence-electron chi connectivity index (χ0n) is 14.9. The molecule has 1 aliphatic carbocycles. The lowest BCUT2D eigenvalue weighted by Crippen LogP contribution is -2.21. The number of rotatable bonds is 5. The van der Waals surface area contributed by atoms with E-state index >= 15 is 0 Å². The molecule has 1 N–H and O–H groups in total. The molecular weight excluding hydrogens is 344 g/mol. The van der Waals surface area contributed by atoms with Crippen LogP contribution >= 0.6 is 0 Å². The molecule has 3 rings (SSSR count). The van der Waals surface area contributed by atoms with Gasteiger partial charge in [0.15, 0.2) is 5.69 Å². The van der Waals surface area contributed by atoms with E-state index in [2.05, 4.69) is 20.4 Å². The van der Waals surface area contributed by atoms with Crippen molar-refractivity contribution < 1.29 is 18.3 Å². The van der Waals surface area contributed by atoms with Gasteiger partial charge in [-0.25, -0.2) is 23.2 Å². The molecule has 0 aliphatic heterocycles. The Morgan fingerprint density at radius 3 is 2.73 bits per heavy atom. The minimum atomic E-state index is -2.67. The third kappa shape index (κ3) is 3.97. The standard InChI is InChI=1S/C17H21F2N5O2/c1-4-26-15(25)13-8-14(20-12-5-6-17(18,19)9-12)22-16(21-13)24-11(3)7-10(2)23-24/h7-8,12H,4-6,9H2,1-3H3,(H,20,21,22). The van der Waals surface area contributed by atoms with Gasteiger partial charge in [-0.3, -0.25) is 0 Å². The fraction of sp³-hybridized carbons (Fsp3) is 0.529. The van der Waals surface area contributed by atoms with E-state index in [0.717, 1.165) is 11.4 Å². The van der Waals surface area contributed by atoms with Crippen molar-refractivity contribution in [3.05, 3.63) is 29.2 Å². The van der Waals surface area contributed by atoms with Crippen molar-refractivity contribution in [3.8, 4) is 5.95 Å². The Hall–Kier alpha value is -2.58. The Bertz CT molecular complexity index is 821. The van der Waals surface area contributed by atoms with Crippen LogP contribution in [0.1, 0.15) is 48.1 Å². The lowest BCUT2D eigenvalue weighted by molar-refractivity contribution is 0.00850. The van der Waals surface area contributed by atoms with Gasteiger partial charge in [-0.05, 0) is 33.3 Å². The van der Waals surface area contributed by atoms with Crippen molar-refractivity contribution >= 4 is 11.8 Å². The number of halogens is 2. The van der Waals surface area contributed by atoms with Gasteiger partial charge in [0.05, 0.1) is 12.3 Å². The smallest absolute Gasteiger partial charge is 0.357 e. The first kappa shape index (κ1) is 18.2. The predicted molar refractivity (Wildman–Crippen MR) is 90.8 cm³/mol. The number of carbonyl (C=O) groups excluding carboxylic acids is 1. The van der Waals surface area contributed by atoms with E-state index in [1.807, 2.05) is 19.9 Å². The van der Waals surface area contributed by atoms with Crippen LogP contribution in [0.15, 0.2) is 12.1 Å². The number of esters is 1. The topological polar surface area (TPSA) is 81.9 Å². The molecule has 26 heavy (non-hydrogen) atoms. The Labute approximate surface area is 149 Å². The zero-order chi connectivity index (χ0) is 18.9. The van der Waals surface area contributed by atoms with Crippen LogP contribution in [-0.2, 0) is 4.74 Å². The first-order valence-corrected chi connectivity index (χ1v) is 8.51. The second kappa shape index (κ2) is 6.97. The van der Waals surface area contributed by atoms with E-state index in [1.54, 1.807) is 6.92 Å². The molecule has 1 fully saturated rings. The molecule has 9 heteroatoms. The van der Waals surface area contributed by atoms with E-state index in [-0.39, 0.29) is 31.1 Å². The lowest BCUT2D eigenvalue weighted by atomic mass is 10.2. The van der Waals surface area contributed by atoms with Crippen molar-refractivity contribution in [2.75, 3.05) is 11.9 Å². The number of ether oxygens (including phenoxy) is 1. The van der Waals surface area contributed by atoms with Crippen LogP contribution in [0.25, 0.3) is 5.95 Å². The van der Waals surface area contributed by atoms with Gasteiger partial charge >= 0.3 is 5.97 Å². The molecule has 0 amide bonds. The van der Waals surface area contributed by atoms with Crippen LogP contribution in [0.3, 0.4) is 0 Å². The molecule has 1 unspecified atom stereocenters. The Balaban J connectivity index is 1.95. The maximum Gasteiger partial charge on any atom is 0.357 e. The fourth-order valence-corrected chi connectivity index (χ4v) is 3.03. The van der Waals surface area contributed by atoms with Gasteiger partial charge in [0, 0.05) is 30.6 Å². The number of anilines is 1. The number of carbonyl (C=O) groups is 1. The van der Waals surface area contributed by atoms with Crippen LogP contribution in [-0.4, -0.2) is 44.3 Å². The Kier molecular flexibility index (Phi) is 4.88. The maximum absolute atomic E-state index is 13.4. The van der Waals surface area contributed by atoms with Crippen LogP contribution in [0.4, 0.5) is 14.6 Å². The molecule has 2 aromatic rings. The summed E-state index contributed by atoms with van der Waals surface area (Å²) in [6, 6.07) is 2.86. The predicted octanol–water partition coefficient (Wildman–Crippen LogP) is 3.06. The third-order valence-electron chi connectivity index (χ3n) is 4.15. The molecule has 0 radical (unpaired) electrons. The minimum absolute atomic E-state index is 0.0525. The van der Waals surface area contributed by atoms with Crippen molar-refractivity contribution in [1.29, 1.82) is 0 Å². The van der Waals surface area contributed by atoms with Gasteiger partial charge in [-0.2, -0.15) is 10.1 Å². The van der Waals surface area contributed by atoms with Gasteiger partial charge in [-0.15, -0.1) is 0 Å². The normalized spacial score (nSPS) is 18.7. The van der Waals surface area contributed by atoms with E-state index in [1.165, 1.54) is 10.7 Å². The van der Waals surface area contributed by atoms with Crippen LogP contribution in [0, 0.1) is 13.8 Å². The number of nitrogens with zero attached hydrogens (tertiary/aromatic N) is 4. The maximum atomic E-state index is 13.4. The lowest BCUT2D eigenvalue weighted by Gasteiger charge is -2.15. The van der Waals surface area contributed by atoms with Crippen molar-refractivity contribution in [2.24, 2.45) is 0 Å². The fourth-order valence-electron chi connectivity index (χ4n) is 3.03. The van der Waals surface area contributed by atoms with Crippen molar-refractivity contribution in [1.82, 2.24) is 19.7 Å². The summed E-state index contributed by atoms with van der Waals surface area (Å²) in [5.41, 5.74) is 1.62. The number of aromatic nitrogens is 4. The molecule has 1 atom stereocenters. The molecular formula is C17H21F2N5O2. The van der Waals surface area contributed by atoms with E-state index in [0.29, 0.717) is 12.2 Å². The highest BCUT2D eigenvalue weighted by Crippen LogP contribution is 2.36. The molecule has 7 nitrogen and oxygen atoms in total. The SMILES string of the molecule is CCOC(=O)c1cc(NC2CCC(F)(F)C2)nc(-n2nc(C)cc2C)n1. The number of alkyl halides is 2. The zero-order valence-corrected chi connectivity index (χ0v) is 14.9. The molecule has 2 aromatic heterocycles. The van der Waals surface area contributed by atoms with Crippen LogP contribution < -0.4 is 5.32 Å². The van der Waals surface area contributed by atoms with Crippen LogP contribution in [0.2, 0.25) is 0 Å². The average molecular weight is 365 g/mol. The number of hydrogen-bond acceptors (Lipinski definition) is 6. The summed E-state index contributed by atoms with van der Waals surface area (Å²) in [7, 11) is 0. The molecule has 2 heterocycles. The highest BCUT2D eigenvalue weighted by Gasteiger charge is 2.39. The summed E-state index contributed by atoms with van der Waals surface area (Å²) in [6.07, 6.45) is -0.0905. The summed E-state index contributed by atoms with van der Waals surface area (Å²) < 4.78 is 33.4. The highest BCUT2D eigenvalue weighted by molar-refractivity contribution is 5.88. The summed E-state index contributed by atoms with van der Waals surface area (Å²) in [4.78, 5) is 20.7. The number of nitrogens with one attached hydrogen (secondary N) is 1. The third-order valence-corrected chi connectivity index (χ3v) is 4.15. The minimum Gasteiger partial charge on any atom is -0.461 e. The summed E-state index contributed by atoms with van der Waals surface area (Å²) in [5.74, 6) is -2.79. The molecule has 0 aromatic carbocycles. The largest absolute Gasteiger partial charge is 0.461 e. The van der Waals surface area contributed by atoms with Gasteiger partial charge in [0.1, 0.15) is 5.82 Å². The molecule has 1 aliphatic rings. The van der Waals surface area contributed by atoms with Gasteiger partial charge < -0.3 is 10.1 Å². The quantitative estimate of drug-likeness (QED) is 0.820. The number of hydrogen-bond donors (Lipinski definition) is 1. The summed E-state index contributed by atoms with van der Waals surface area (Å²) in [5, 5.41) is 7.30. The van der Waals surface area contributed by atoms with Crippen LogP contribution in [0.5, 0.6) is 0 Å². The van der Waals surface area contributed by atoms with Gasteiger partial charge in [0.2, 0.25) is 5.92 Å². The van der Waals surface area contributed by atoms with E-state index in [9.17, 15) is 13.6 Å². The molecule has 1 saturated carbocycles. The molecule has 0 spiro atoms. The van der Waals surface area contributed by atoms with E-state index in [4.69, 9.17) is 4.74 Å². The van der Waals surface area contributed by atoms with E-state index < -0.39 is 17.9 Å². The van der Waals surface area contributed by atoms with Crippen molar-refractivity contribution in [2.45, 2.75) is 52.0 Å². The second-order valence-corrected chi connectivity index (χ2v) is 6.44. The molecule has 140 valence electrons. The molecule has 0 bridgehead atoms. The first-order valence-electron chi connectivity index (χ1n) is 8.51. The monoisotopic (exact) mass is 365 g/mol. The summed E-state index contributed by atoms with van der Waals surface area (Å²) in [6.45, 7) is 5.57. The average Bonchev–Trinajstić information content (AvgIpc) is 3.08. The summed E-state index contributed by atoms with van der Waals surface area (Å²) >= 11 is 0. The van der Waals surface area contributed by atoms with Gasteiger partial charge in [0.25, 0.3) is 5.95 Å². The second-order valence-electron chi connectivity index (χ2n) is 6.44. The highest BCUT2D eigenvalue weighted by atomic mass is 19.3. The Morgan fingerprint density at radius 2 is 2.15 bits per heavy atom. The van der Waals surface area contributed by atoms with Crippen molar-refractivity contribution in [3.63, 3.8) is 0 Å². The van der Waals surface area contributed by atoms with Gasteiger partial charge in [-0.1, -0.05) is 0 Å². The number of aryl methyl sites for hydroxylation is 2. The first-order chi connectivity index (χ1) is 12.3. The Morgan fingerprint density at radius 1 is 1.38 bits per heavy atom.